The number of ketones is 1. The van der Waals surface area contributed by atoms with Crippen molar-refractivity contribution in [2.45, 2.75) is 13.0 Å². The number of benzene rings is 2. The molecule has 0 radical (unpaired) electrons. The lowest BCUT2D eigenvalue weighted by molar-refractivity contribution is -0.145. The molecule has 0 aliphatic heterocycles. The summed E-state index contributed by atoms with van der Waals surface area (Å²) in [6.07, 6.45) is -0.876. The maximum atomic E-state index is 12.8. The predicted octanol–water partition coefficient (Wildman–Crippen LogP) is 1.09. The van der Waals surface area contributed by atoms with E-state index in [1.165, 1.54) is 55.6 Å². The number of hydrogen-bond donors (Lipinski definition) is 3. The van der Waals surface area contributed by atoms with Crippen LogP contribution in [0.4, 0.5) is 4.79 Å². The van der Waals surface area contributed by atoms with Gasteiger partial charge in [-0.2, -0.15) is 4.99 Å². The second kappa shape index (κ2) is 15.0. The molecule has 0 saturated heterocycles. The average Bonchev–Trinajstić information content (AvgIpc) is 2.90. The number of ether oxygens (including phenoxy) is 4. The Morgan fingerprint density at radius 1 is 0.946 bits per heavy atom. The van der Waals surface area contributed by atoms with Gasteiger partial charge in [-0.1, -0.05) is 12.1 Å². The summed E-state index contributed by atoms with van der Waals surface area (Å²) < 4.78 is 19.6. The van der Waals surface area contributed by atoms with Gasteiger partial charge >= 0.3 is 12.1 Å². The highest BCUT2D eigenvalue weighted by molar-refractivity contribution is 6.06. The molecule has 0 fully saturated rings. The largest absolute Gasteiger partial charge is 0.482 e. The summed E-state index contributed by atoms with van der Waals surface area (Å²) in [6, 6.07) is 10.5. The van der Waals surface area contributed by atoms with E-state index in [2.05, 4.69) is 10.3 Å². The Kier molecular flexibility index (Phi) is 11.7. The van der Waals surface area contributed by atoms with Crippen LogP contribution in [0.1, 0.15) is 33.2 Å². The molecule has 0 saturated carbocycles. The van der Waals surface area contributed by atoms with Gasteiger partial charge in [-0.05, 0) is 43.3 Å². The number of aliphatic hydroxyl groups is 1. The van der Waals surface area contributed by atoms with Crippen LogP contribution in [-0.2, 0) is 19.0 Å². The smallest absolute Gasteiger partial charge is 0.435 e. The fourth-order valence-corrected chi connectivity index (χ4v) is 2.90. The number of nitrogens with zero attached hydrogens (tertiary/aromatic N) is 1. The van der Waals surface area contributed by atoms with Crippen molar-refractivity contribution in [1.82, 2.24) is 5.32 Å². The van der Waals surface area contributed by atoms with Crippen molar-refractivity contribution in [3.8, 4) is 5.75 Å². The summed E-state index contributed by atoms with van der Waals surface area (Å²) in [4.78, 5) is 52.0. The number of aliphatic hydroxyl groups excluding tert-OH is 1. The van der Waals surface area contributed by atoms with Crippen molar-refractivity contribution in [3.05, 3.63) is 65.2 Å². The zero-order valence-corrected chi connectivity index (χ0v) is 20.5. The van der Waals surface area contributed by atoms with Crippen LogP contribution in [0.25, 0.3) is 0 Å². The normalized spacial score (nSPS) is 11.8. The maximum Gasteiger partial charge on any atom is 0.435 e. The number of aliphatic imine (C=N–C) groups is 1. The topological polar surface area (TPSA) is 176 Å². The third kappa shape index (κ3) is 9.35. The number of esters is 1. The van der Waals surface area contributed by atoms with Crippen LogP contribution in [-0.4, -0.2) is 80.9 Å². The number of Topliss-reactive ketones (excluding diaryl/α,β-unsaturated/α-hetero) is 1. The second-order valence-electron chi connectivity index (χ2n) is 7.37. The minimum Gasteiger partial charge on any atom is -0.482 e. The van der Waals surface area contributed by atoms with Gasteiger partial charge in [0.1, 0.15) is 24.2 Å². The number of methoxy groups -OCH3 is 1. The lowest BCUT2D eigenvalue weighted by Crippen LogP contribution is -2.43. The van der Waals surface area contributed by atoms with E-state index in [0.29, 0.717) is 11.3 Å². The van der Waals surface area contributed by atoms with Crippen molar-refractivity contribution in [2.24, 2.45) is 10.7 Å². The molecule has 2 rings (SSSR count). The quantitative estimate of drug-likeness (QED) is 0.115. The molecule has 4 N–H and O–H groups in total. The lowest BCUT2D eigenvalue weighted by Gasteiger charge is -2.16. The molecule has 0 aromatic heterocycles. The van der Waals surface area contributed by atoms with E-state index in [1.807, 2.05) is 0 Å². The third-order valence-corrected chi connectivity index (χ3v) is 4.77. The fraction of sp³-hybridized carbons (Fsp3) is 0.320. The van der Waals surface area contributed by atoms with Gasteiger partial charge in [0.05, 0.1) is 19.8 Å². The first kappa shape index (κ1) is 28.9. The van der Waals surface area contributed by atoms with E-state index in [4.69, 9.17) is 24.7 Å². The SMILES string of the molecule is CCOC(=O)COc1ccc(C(=O)[C@H](CO)NC(=O)c2ccc(C(N)=NC(=O)OCCOC)cc2)cc1. The molecule has 0 aliphatic carbocycles. The molecule has 0 spiro atoms. The van der Waals surface area contributed by atoms with Crippen LogP contribution in [0.5, 0.6) is 5.75 Å². The Labute approximate surface area is 213 Å². The monoisotopic (exact) mass is 515 g/mol. The van der Waals surface area contributed by atoms with E-state index in [1.54, 1.807) is 6.92 Å². The minimum absolute atomic E-state index is 0.0311. The van der Waals surface area contributed by atoms with Crippen LogP contribution in [0.2, 0.25) is 0 Å². The Morgan fingerprint density at radius 2 is 1.57 bits per heavy atom. The third-order valence-electron chi connectivity index (χ3n) is 4.77. The van der Waals surface area contributed by atoms with Crippen LogP contribution in [0.15, 0.2) is 53.5 Å². The van der Waals surface area contributed by atoms with E-state index in [9.17, 15) is 24.3 Å². The Morgan fingerprint density at radius 3 is 2.16 bits per heavy atom. The Bertz CT molecular complexity index is 1100. The second-order valence-corrected chi connectivity index (χ2v) is 7.37. The van der Waals surface area contributed by atoms with Crippen LogP contribution < -0.4 is 15.8 Å². The van der Waals surface area contributed by atoms with E-state index >= 15 is 0 Å². The molecule has 0 aliphatic rings. The molecule has 0 bridgehead atoms. The average molecular weight is 516 g/mol. The molecule has 12 nitrogen and oxygen atoms in total. The van der Waals surface area contributed by atoms with Gasteiger partial charge < -0.3 is 35.1 Å². The molecule has 0 heterocycles. The first-order chi connectivity index (χ1) is 17.8. The molecule has 2 aromatic rings. The summed E-state index contributed by atoms with van der Waals surface area (Å²) in [7, 11) is 1.46. The summed E-state index contributed by atoms with van der Waals surface area (Å²) >= 11 is 0. The number of hydrogen-bond acceptors (Lipinski definition) is 9. The highest BCUT2D eigenvalue weighted by Crippen LogP contribution is 2.14. The number of nitrogens with one attached hydrogen (secondary N) is 1. The zero-order valence-electron chi connectivity index (χ0n) is 20.5. The summed E-state index contributed by atoms with van der Waals surface area (Å²) in [5, 5.41) is 12.2. The van der Waals surface area contributed by atoms with Crippen molar-refractivity contribution in [1.29, 1.82) is 0 Å². The minimum atomic E-state index is -1.20. The number of carbonyl (C=O) groups excluding carboxylic acids is 4. The number of nitrogens with two attached hydrogens (primary N) is 1. The van der Waals surface area contributed by atoms with Gasteiger partial charge in [-0.25, -0.2) is 9.59 Å². The number of amidine groups is 1. The highest BCUT2D eigenvalue weighted by atomic mass is 16.6. The van der Waals surface area contributed by atoms with Gasteiger partial charge in [0.25, 0.3) is 5.91 Å². The molecular formula is C25H29N3O9. The highest BCUT2D eigenvalue weighted by Gasteiger charge is 2.22. The van der Waals surface area contributed by atoms with Crippen molar-refractivity contribution in [2.75, 3.05) is 40.1 Å². The standard InChI is InChI=1S/C25H29N3O9/c1-3-35-21(30)15-37-19-10-8-16(9-11-19)22(31)20(14-29)27-24(32)18-6-4-17(5-7-18)23(26)28-25(33)36-13-12-34-2/h4-11,20,29H,3,12-15H2,1-2H3,(H,27,32)(H2,26,28,33)/t20-/m0/s1. The molecule has 2 aromatic carbocycles. The van der Waals surface area contributed by atoms with Crippen LogP contribution >= 0.6 is 0 Å². The van der Waals surface area contributed by atoms with Crippen LogP contribution in [0.3, 0.4) is 0 Å². The maximum absolute atomic E-state index is 12.8. The van der Waals surface area contributed by atoms with E-state index < -0.39 is 36.4 Å². The van der Waals surface area contributed by atoms with Gasteiger partial charge in [-0.15, -0.1) is 0 Å². The first-order valence-corrected chi connectivity index (χ1v) is 11.2. The molecule has 2 amide bonds. The van der Waals surface area contributed by atoms with Gasteiger partial charge in [0, 0.05) is 23.8 Å². The Balaban J connectivity index is 1.97. The van der Waals surface area contributed by atoms with Crippen molar-refractivity contribution >= 4 is 29.6 Å². The molecule has 198 valence electrons. The molecular weight excluding hydrogens is 486 g/mol. The van der Waals surface area contributed by atoms with E-state index in [0.717, 1.165) is 0 Å². The number of rotatable bonds is 13. The summed E-state index contributed by atoms with van der Waals surface area (Å²) in [6.45, 7) is 1.27. The predicted molar refractivity (Wildman–Crippen MR) is 132 cm³/mol. The zero-order chi connectivity index (χ0) is 27.2. The first-order valence-electron chi connectivity index (χ1n) is 11.2. The molecule has 12 heteroatoms. The van der Waals surface area contributed by atoms with Gasteiger partial charge in [0.15, 0.2) is 12.4 Å². The summed E-state index contributed by atoms with van der Waals surface area (Å²) in [5.41, 5.74) is 6.58. The molecule has 1 atom stereocenters. The summed E-state index contributed by atoms with van der Waals surface area (Å²) in [5.74, 6) is -1.41. The van der Waals surface area contributed by atoms with Crippen LogP contribution in [0, 0.1) is 0 Å². The fourth-order valence-electron chi connectivity index (χ4n) is 2.90. The number of carbonyl (C=O) groups is 4. The molecule has 37 heavy (non-hydrogen) atoms. The van der Waals surface area contributed by atoms with E-state index in [-0.39, 0.29) is 43.4 Å². The lowest BCUT2D eigenvalue weighted by atomic mass is 10.0. The number of amides is 2. The Hall–Kier alpha value is -4.29. The van der Waals surface area contributed by atoms with Crippen molar-refractivity contribution < 1.29 is 43.2 Å². The van der Waals surface area contributed by atoms with Gasteiger partial charge in [0.2, 0.25) is 0 Å². The van der Waals surface area contributed by atoms with Gasteiger partial charge in [-0.3, -0.25) is 9.59 Å². The van der Waals surface area contributed by atoms with Crippen molar-refractivity contribution in [3.63, 3.8) is 0 Å². The molecule has 0 unspecified atom stereocenters.